The van der Waals surface area contributed by atoms with E-state index in [0.29, 0.717) is 0 Å². The van der Waals surface area contributed by atoms with Crippen LogP contribution >= 0.6 is 0 Å². The second kappa shape index (κ2) is 7.76. The molecular formula is C22H27N4O+. The average molecular weight is 363 g/mol. The molecule has 5 nitrogen and oxygen atoms in total. The summed E-state index contributed by atoms with van der Waals surface area (Å²) in [6.07, 6.45) is 0. The predicted molar refractivity (Wildman–Crippen MR) is 112 cm³/mol. The summed E-state index contributed by atoms with van der Waals surface area (Å²) in [5, 5.41) is 20.7. The third kappa shape index (κ3) is 4.63. The maximum absolute atomic E-state index is 10.0. The van der Waals surface area contributed by atoms with Crippen molar-refractivity contribution in [3.05, 3.63) is 60.7 Å². The first-order valence-corrected chi connectivity index (χ1v) is 9.08. The standard InChI is InChI=1S/C22H26N4O/c1-25(15-16-26(2,3)4)21-12-8-7-11-20(21)24-23-19-13-14-22(27)18-10-6-5-9-17(18)19/h5-14H,15-16H2,1-4H3/p+1. The fraction of sp³-hybridized carbons (Fsp3) is 0.273. The van der Waals surface area contributed by atoms with Crippen LogP contribution in [0.1, 0.15) is 0 Å². The summed E-state index contributed by atoms with van der Waals surface area (Å²) >= 11 is 0. The molecule has 0 saturated carbocycles. The lowest BCUT2D eigenvalue weighted by Crippen LogP contribution is -2.41. The van der Waals surface area contributed by atoms with Crippen molar-refractivity contribution in [1.29, 1.82) is 0 Å². The minimum absolute atomic E-state index is 0.255. The topological polar surface area (TPSA) is 48.2 Å². The Labute approximate surface area is 160 Å². The van der Waals surface area contributed by atoms with Crippen molar-refractivity contribution in [3.63, 3.8) is 0 Å². The van der Waals surface area contributed by atoms with Crippen molar-refractivity contribution in [2.45, 2.75) is 0 Å². The van der Waals surface area contributed by atoms with Crippen LogP contribution in [0.15, 0.2) is 70.9 Å². The second-order valence-corrected chi connectivity index (χ2v) is 7.77. The average Bonchev–Trinajstić information content (AvgIpc) is 2.65. The van der Waals surface area contributed by atoms with Crippen molar-refractivity contribution in [3.8, 4) is 5.75 Å². The number of nitrogens with zero attached hydrogens (tertiary/aromatic N) is 4. The van der Waals surface area contributed by atoms with Gasteiger partial charge in [-0.25, -0.2) is 0 Å². The van der Waals surface area contributed by atoms with Gasteiger partial charge in [0.25, 0.3) is 0 Å². The fourth-order valence-corrected chi connectivity index (χ4v) is 2.90. The highest BCUT2D eigenvalue weighted by Gasteiger charge is 2.12. The molecule has 0 aromatic heterocycles. The minimum atomic E-state index is 0.255. The zero-order valence-corrected chi connectivity index (χ0v) is 16.4. The number of azo groups is 1. The lowest BCUT2D eigenvalue weighted by atomic mass is 10.1. The molecule has 5 heteroatoms. The summed E-state index contributed by atoms with van der Waals surface area (Å²) in [6, 6.07) is 19.2. The number of rotatable bonds is 6. The summed E-state index contributed by atoms with van der Waals surface area (Å²) in [5.74, 6) is 0.255. The summed E-state index contributed by atoms with van der Waals surface area (Å²) in [5.41, 5.74) is 2.63. The van der Waals surface area contributed by atoms with Crippen LogP contribution in [0.3, 0.4) is 0 Å². The smallest absolute Gasteiger partial charge is 0.123 e. The van der Waals surface area contributed by atoms with Gasteiger partial charge in [0, 0.05) is 17.8 Å². The van der Waals surface area contributed by atoms with Gasteiger partial charge >= 0.3 is 0 Å². The van der Waals surface area contributed by atoms with Gasteiger partial charge in [0.15, 0.2) is 0 Å². The van der Waals surface area contributed by atoms with E-state index in [0.717, 1.165) is 45.4 Å². The molecule has 140 valence electrons. The molecule has 3 aromatic carbocycles. The van der Waals surface area contributed by atoms with Gasteiger partial charge in [0.1, 0.15) is 11.4 Å². The first-order valence-electron chi connectivity index (χ1n) is 9.08. The maximum Gasteiger partial charge on any atom is 0.123 e. The van der Waals surface area contributed by atoms with Gasteiger partial charge < -0.3 is 14.5 Å². The highest BCUT2D eigenvalue weighted by Crippen LogP contribution is 2.35. The van der Waals surface area contributed by atoms with Gasteiger partial charge in [0.05, 0.1) is 45.6 Å². The molecule has 0 atom stereocenters. The van der Waals surface area contributed by atoms with E-state index in [1.54, 1.807) is 12.1 Å². The molecule has 0 unspecified atom stereocenters. The van der Waals surface area contributed by atoms with Crippen LogP contribution in [-0.2, 0) is 0 Å². The number of aromatic hydroxyl groups is 1. The van der Waals surface area contributed by atoms with Crippen LogP contribution in [0.25, 0.3) is 10.8 Å². The number of hydrogen-bond acceptors (Lipinski definition) is 4. The van der Waals surface area contributed by atoms with E-state index in [4.69, 9.17) is 0 Å². The summed E-state index contributed by atoms with van der Waals surface area (Å²) in [6.45, 7) is 1.96. The third-order valence-corrected chi connectivity index (χ3v) is 4.54. The molecule has 0 saturated heterocycles. The highest BCUT2D eigenvalue weighted by atomic mass is 16.3. The molecule has 3 rings (SSSR count). The SMILES string of the molecule is CN(CC[N+](C)(C)C)c1ccccc1N=Nc1ccc(O)c2ccccc12. The van der Waals surface area contributed by atoms with Gasteiger partial charge in [0.2, 0.25) is 0 Å². The minimum Gasteiger partial charge on any atom is -0.507 e. The molecule has 0 aliphatic heterocycles. The Balaban J connectivity index is 1.90. The van der Waals surface area contributed by atoms with Crippen LogP contribution < -0.4 is 4.90 Å². The third-order valence-electron chi connectivity index (χ3n) is 4.54. The number of likely N-dealkylation sites (N-methyl/N-ethyl adjacent to an activating group) is 2. The number of hydrogen-bond donors (Lipinski definition) is 1. The molecule has 0 fully saturated rings. The molecule has 0 radical (unpaired) electrons. The molecule has 27 heavy (non-hydrogen) atoms. The summed E-state index contributed by atoms with van der Waals surface area (Å²) in [4.78, 5) is 2.22. The van der Waals surface area contributed by atoms with Crippen molar-refractivity contribution in [2.75, 3.05) is 46.2 Å². The van der Waals surface area contributed by atoms with E-state index in [1.807, 2.05) is 42.5 Å². The zero-order chi connectivity index (χ0) is 19.4. The van der Waals surface area contributed by atoms with Gasteiger partial charge in [-0.3, -0.25) is 0 Å². The Morgan fingerprint density at radius 2 is 1.44 bits per heavy atom. The quantitative estimate of drug-likeness (QED) is 0.489. The van der Waals surface area contributed by atoms with Crippen LogP contribution in [0.5, 0.6) is 5.75 Å². The monoisotopic (exact) mass is 363 g/mol. The molecule has 0 bridgehead atoms. The number of phenols is 1. The molecular weight excluding hydrogens is 336 g/mol. The number of anilines is 1. The van der Waals surface area contributed by atoms with Crippen LogP contribution in [0.2, 0.25) is 0 Å². The summed E-state index contributed by atoms with van der Waals surface area (Å²) < 4.78 is 0.910. The molecule has 0 amide bonds. The Hall–Kier alpha value is -2.92. The molecule has 1 N–H and O–H groups in total. The first kappa shape index (κ1) is 18.9. The van der Waals surface area contributed by atoms with E-state index in [9.17, 15) is 5.11 Å². The van der Waals surface area contributed by atoms with Crippen molar-refractivity contribution < 1.29 is 9.59 Å². The van der Waals surface area contributed by atoms with Crippen LogP contribution in [0, 0.1) is 0 Å². The Bertz CT molecular complexity index is 960. The number of fused-ring (bicyclic) bond motifs is 1. The second-order valence-electron chi connectivity index (χ2n) is 7.77. The number of phenolic OH excluding ortho intramolecular Hbond substituents is 1. The number of benzene rings is 3. The summed E-state index contributed by atoms with van der Waals surface area (Å²) in [7, 11) is 8.65. The largest absolute Gasteiger partial charge is 0.507 e. The van der Waals surface area contributed by atoms with Crippen LogP contribution in [0.4, 0.5) is 17.1 Å². The normalized spacial score (nSPS) is 12.0. The molecule has 0 heterocycles. The van der Waals surface area contributed by atoms with Gasteiger partial charge in [-0.1, -0.05) is 36.4 Å². The molecule has 3 aromatic rings. The van der Waals surface area contributed by atoms with E-state index >= 15 is 0 Å². The van der Waals surface area contributed by atoms with Crippen molar-refractivity contribution >= 4 is 27.8 Å². The van der Waals surface area contributed by atoms with Gasteiger partial charge in [-0.2, -0.15) is 0 Å². The Kier molecular flexibility index (Phi) is 5.42. The maximum atomic E-state index is 10.0. The molecule has 0 aliphatic rings. The molecule has 0 aliphatic carbocycles. The van der Waals surface area contributed by atoms with Gasteiger partial charge in [-0.15, -0.1) is 10.2 Å². The first-order chi connectivity index (χ1) is 12.8. The number of quaternary nitrogens is 1. The predicted octanol–water partition coefficient (Wildman–Crippen LogP) is 5.10. The van der Waals surface area contributed by atoms with Crippen LogP contribution in [-0.4, -0.2) is 50.9 Å². The van der Waals surface area contributed by atoms with Gasteiger partial charge in [-0.05, 0) is 24.3 Å². The van der Waals surface area contributed by atoms with Crippen molar-refractivity contribution in [1.82, 2.24) is 0 Å². The Morgan fingerprint density at radius 3 is 2.19 bits per heavy atom. The van der Waals surface area contributed by atoms with E-state index in [-0.39, 0.29) is 5.75 Å². The number of para-hydroxylation sites is 1. The highest BCUT2D eigenvalue weighted by molar-refractivity contribution is 5.96. The zero-order valence-electron chi connectivity index (χ0n) is 16.4. The van der Waals surface area contributed by atoms with E-state index < -0.39 is 0 Å². The van der Waals surface area contributed by atoms with Crippen molar-refractivity contribution in [2.24, 2.45) is 10.2 Å². The van der Waals surface area contributed by atoms with E-state index in [2.05, 4.69) is 49.4 Å². The fourth-order valence-electron chi connectivity index (χ4n) is 2.90. The lowest BCUT2D eigenvalue weighted by molar-refractivity contribution is -0.868. The lowest BCUT2D eigenvalue weighted by Gasteiger charge is -2.28. The van der Waals surface area contributed by atoms with E-state index in [1.165, 1.54) is 0 Å². The Morgan fingerprint density at radius 1 is 0.815 bits per heavy atom. The molecule has 0 spiro atoms.